The lowest BCUT2D eigenvalue weighted by Crippen LogP contribution is -2.43. The van der Waals surface area contributed by atoms with Gasteiger partial charge in [0.25, 0.3) is 0 Å². The first-order valence-electron chi connectivity index (χ1n) is 8.79. The Balaban J connectivity index is 0.00000208. The molecule has 0 radical (unpaired) electrons. The molecule has 1 heterocycles. The number of ether oxygens (including phenoxy) is 1. The molecule has 0 spiro atoms. The molecule has 2 N–H and O–H groups in total. The van der Waals surface area contributed by atoms with E-state index in [1.807, 2.05) is 19.1 Å². The molecule has 1 aromatic rings. The van der Waals surface area contributed by atoms with Crippen LogP contribution in [-0.2, 0) is 4.79 Å². The number of amides is 1. The minimum absolute atomic E-state index is 0. The fourth-order valence-electron chi connectivity index (χ4n) is 4.11. The Kier molecular flexibility index (Phi) is 6.53. The maximum absolute atomic E-state index is 12.6. The summed E-state index contributed by atoms with van der Waals surface area (Å²) in [6.07, 6.45) is 6.07. The van der Waals surface area contributed by atoms with Crippen LogP contribution in [0, 0.1) is 12.8 Å². The third-order valence-corrected chi connectivity index (χ3v) is 5.39. The molecule has 1 aliphatic heterocycles. The lowest BCUT2D eigenvalue weighted by molar-refractivity contribution is -0.123. The van der Waals surface area contributed by atoms with Crippen molar-refractivity contribution in [3.05, 3.63) is 29.3 Å². The van der Waals surface area contributed by atoms with E-state index in [4.69, 9.17) is 4.74 Å². The van der Waals surface area contributed by atoms with Crippen LogP contribution in [0.2, 0.25) is 0 Å². The summed E-state index contributed by atoms with van der Waals surface area (Å²) in [6.45, 7) is 4.08. The molecule has 3 rings (SSSR count). The maximum atomic E-state index is 12.6. The van der Waals surface area contributed by atoms with Crippen LogP contribution in [0.5, 0.6) is 5.75 Å². The smallest absolute Gasteiger partial charge is 0.237 e. The molecule has 4 atom stereocenters. The van der Waals surface area contributed by atoms with Crippen molar-refractivity contribution in [1.29, 1.82) is 0 Å². The van der Waals surface area contributed by atoms with Crippen LogP contribution in [0.15, 0.2) is 18.2 Å². The fourth-order valence-corrected chi connectivity index (χ4v) is 4.11. The molecule has 5 heteroatoms. The van der Waals surface area contributed by atoms with Crippen molar-refractivity contribution in [3.8, 4) is 5.75 Å². The van der Waals surface area contributed by atoms with Gasteiger partial charge in [-0.25, -0.2) is 0 Å². The predicted molar refractivity (Wildman–Crippen MR) is 98.8 cm³/mol. The number of methoxy groups -OCH3 is 1. The summed E-state index contributed by atoms with van der Waals surface area (Å²) in [6, 6.07) is 6.54. The van der Waals surface area contributed by atoms with Gasteiger partial charge in [-0.1, -0.05) is 30.5 Å². The average molecular weight is 353 g/mol. The van der Waals surface area contributed by atoms with E-state index >= 15 is 0 Å². The highest BCUT2D eigenvalue weighted by Crippen LogP contribution is 2.33. The first kappa shape index (κ1) is 19.1. The molecule has 1 aliphatic carbocycles. The van der Waals surface area contributed by atoms with Crippen LogP contribution >= 0.6 is 12.4 Å². The molecule has 1 aromatic carbocycles. The monoisotopic (exact) mass is 352 g/mol. The van der Waals surface area contributed by atoms with Crippen LogP contribution < -0.4 is 15.4 Å². The average Bonchev–Trinajstić information content (AvgIpc) is 2.99. The highest BCUT2D eigenvalue weighted by atomic mass is 35.5. The normalized spacial score (nSPS) is 26.9. The van der Waals surface area contributed by atoms with Gasteiger partial charge in [-0.05, 0) is 45.1 Å². The molecule has 0 bridgehead atoms. The quantitative estimate of drug-likeness (QED) is 0.871. The molecule has 1 saturated carbocycles. The van der Waals surface area contributed by atoms with Crippen molar-refractivity contribution in [2.75, 3.05) is 7.11 Å². The Hall–Kier alpha value is -1.26. The first-order valence-corrected chi connectivity index (χ1v) is 8.79. The second-order valence-electron chi connectivity index (χ2n) is 7.08. The number of benzene rings is 1. The van der Waals surface area contributed by atoms with Gasteiger partial charge < -0.3 is 15.4 Å². The predicted octanol–water partition coefficient (Wildman–Crippen LogP) is 3.52. The number of carbonyl (C=O) groups excluding carboxylic acids is 1. The standard InChI is InChI=1S/C19H28N2O2.ClH/c1-12-8-9-18(23-3)15(10-12)13(2)20-19(22)17-11-14-6-4-5-7-16(14)21-17;/h8-10,13-14,16-17,21H,4-7,11H2,1-3H3,(H,20,22);1H. The third kappa shape index (κ3) is 4.04. The van der Waals surface area contributed by atoms with Crippen LogP contribution in [0.4, 0.5) is 0 Å². The van der Waals surface area contributed by atoms with E-state index in [0.717, 1.165) is 17.7 Å². The van der Waals surface area contributed by atoms with E-state index < -0.39 is 0 Å². The molecule has 24 heavy (non-hydrogen) atoms. The van der Waals surface area contributed by atoms with Gasteiger partial charge in [-0.15, -0.1) is 12.4 Å². The largest absolute Gasteiger partial charge is 0.496 e. The number of halogens is 1. The summed E-state index contributed by atoms with van der Waals surface area (Å²) in [5.41, 5.74) is 2.21. The SMILES string of the molecule is COc1ccc(C)cc1C(C)NC(=O)C1CC2CCCCC2N1.Cl. The van der Waals surface area contributed by atoms with E-state index in [-0.39, 0.29) is 30.4 Å². The molecule has 1 saturated heterocycles. The summed E-state index contributed by atoms with van der Waals surface area (Å²) in [7, 11) is 1.67. The summed E-state index contributed by atoms with van der Waals surface area (Å²) >= 11 is 0. The summed E-state index contributed by atoms with van der Waals surface area (Å²) in [5, 5.41) is 6.71. The number of fused-ring (bicyclic) bond motifs is 1. The Morgan fingerprint density at radius 2 is 2.08 bits per heavy atom. The zero-order chi connectivity index (χ0) is 16.4. The number of hydrogen-bond donors (Lipinski definition) is 2. The van der Waals surface area contributed by atoms with E-state index in [9.17, 15) is 4.79 Å². The van der Waals surface area contributed by atoms with Crippen molar-refractivity contribution in [2.24, 2.45) is 5.92 Å². The summed E-state index contributed by atoms with van der Waals surface area (Å²) in [5.74, 6) is 1.63. The second kappa shape index (κ2) is 8.21. The van der Waals surface area contributed by atoms with E-state index in [1.54, 1.807) is 7.11 Å². The van der Waals surface area contributed by atoms with Gasteiger partial charge >= 0.3 is 0 Å². The van der Waals surface area contributed by atoms with Crippen LogP contribution in [0.25, 0.3) is 0 Å². The van der Waals surface area contributed by atoms with Gasteiger partial charge in [0.1, 0.15) is 5.75 Å². The molecule has 1 amide bonds. The highest BCUT2D eigenvalue weighted by molar-refractivity contribution is 5.85. The zero-order valence-electron chi connectivity index (χ0n) is 14.8. The van der Waals surface area contributed by atoms with Gasteiger partial charge in [-0.2, -0.15) is 0 Å². The lowest BCUT2D eigenvalue weighted by Gasteiger charge is -2.24. The maximum Gasteiger partial charge on any atom is 0.237 e. The Morgan fingerprint density at radius 1 is 1.33 bits per heavy atom. The van der Waals surface area contributed by atoms with E-state index in [0.29, 0.717) is 12.0 Å². The minimum atomic E-state index is -0.0539. The number of nitrogens with one attached hydrogen (secondary N) is 2. The zero-order valence-corrected chi connectivity index (χ0v) is 15.6. The van der Waals surface area contributed by atoms with Crippen molar-refractivity contribution in [2.45, 2.75) is 64.1 Å². The Labute approximate surface area is 151 Å². The van der Waals surface area contributed by atoms with E-state index in [2.05, 4.69) is 23.6 Å². The molecule has 2 aliphatic rings. The van der Waals surface area contributed by atoms with Crippen molar-refractivity contribution < 1.29 is 9.53 Å². The Bertz CT molecular complexity index is 564. The number of carbonyl (C=O) groups is 1. The summed E-state index contributed by atoms with van der Waals surface area (Å²) in [4.78, 5) is 12.6. The molecule has 0 aromatic heterocycles. The van der Waals surface area contributed by atoms with Gasteiger partial charge in [-0.3, -0.25) is 4.79 Å². The van der Waals surface area contributed by atoms with Gasteiger partial charge in [0.15, 0.2) is 0 Å². The Morgan fingerprint density at radius 3 is 2.79 bits per heavy atom. The second-order valence-corrected chi connectivity index (χ2v) is 7.08. The van der Waals surface area contributed by atoms with Gasteiger partial charge in [0, 0.05) is 11.6 Å². The molecule has 4 nitrogen and oxygen atoms in total. The number of hydrogen-bond acceptors (Lipinski definition) is 3. The molecule has 4 unspecified atom stereocenters. The minimum Gasteiger partial charge on any atom is -0.496 e. The van der Waals surface area contributed by atoms with E-state index in [1.165, 1.54) is 31.2 Å². The highest BCUT2D eigenvalue weighted by Gasteiger charge is 2.38. The number of rotatable bonds is 4. The van der Waals surface area contributed by atoms with Crippen molar-refractivity contribution >= 4 is 18.3 Å². The van der Waals surface area contributed by atoms with Gasteiger partial charge in [0.2, 0.25) is 5.91 Å². The topological polar surface area (TPSA) is 50.4 Å². The molecule has 134 valence electrons. The van der Waals surface area contributed by atoms with Crippen molar-refractivity contribution in [3.63, 3.8) is 0 Å². The molecular weight excluding hydrogens is 324 g/mol. The van der Waals surface area contributed by atoms with Crippen LogP contribution in [0.1, 0.15) is 56.2 Å². The fraction of sp³-hybridized carbons (Fsp3) is 0.632. The van der Waals surface area contributed by atoms with Crippen molar-refractivity contribution in [1.82, 2.24) is 10.6 Å². The first-order chi connectivity index (χ1) is 11.1. The van der Waals surface area contributed by atoms with Crippen LogP contribution in [-0.4, -0.2) is 25.1 Å². The summed E-state index contributed by atoms with van der Waals surface area (Å²) < 4.78 is 5.44. The van der Waals surface area contributed by atoms with Crippen LogP contribution in [0.3, 0.4) is 0 Å². The molecule has 2 fully saturated rings. The number of aryl methyl sites for hydroxylation is 1. The van der Waals surface area contributed by atoms with Gasteiger partial charge in [0.05, 0.1) is 19.2 Å². The molecular formula is C19H29ClN2O2. The third-order valence-electron chi connectivity index (χ3n) is 5.39. The lowest BCUT2D eigenvalue weighted by atomic mass is 9.85.